The molecule has 0 aliphatic carbocycles. The molecule has 0 aliphatic rings. The summed E-state index contributed by atoms with van der Waals surface area (Å²) in [4.78, 5) is 35.3. The Morgan fingerprint density at radius 1 is 0.562 bits per heavy atom. The molecule has 14 heteroatoms. The van der Waals surface area contributed by atoms with Gasteiger partial charge in [-0.05, 0) is 85.7 Å². The van der Waals surface area contributed by atoms with Gasteiger partial charge < -0.3 is 34.9 Å². The van der Waals surface area contributed by atoms with Crippen LogP contribution in [-0.2, 0) is 69.5 Å². The molecule has 0 bridgehead atoms. The number of unbranched alkanes of at least 4 members (excludes halogenated alkanes) is 1. The summed E-state index contributed by atoms with van der Waals surface area (Å²) in [5.41, 5.74) is 3.04. The van der Waals surface area contributed by atoms with E-state index in [1.54, 1.807) is 24.3 Å². The second kappa shape index (κ2) is 18.8. The van der Waals surface area contributed by atoms with E-state index < -0.39 is 15.6 Å². The molecule has 0 unspecified atom stereocenters. The van der Waals surface area contributed by atoms with Crippen LogP contribution < -0.4 is 0 Å². The van der Waals surface area contributed by atoms with E-state index in [0.717, 1.165) is 35.1 Å². The van der Waals surface area contributed by atoms with Gasteiger partial charge in [0.1, 0.15) is 11.5 Å². The normalized spacial score (nSPS) is 12.7. The van der Waals surface area contributed by atoms with Gasteiger partial charge in [-0.1, -0.05) is 96.4 Å². The van der Waals surface area contributed by atoms with E-state index >= 15 is 0 Å². The van der Waals surface area contributed by atoms with Gasteiger partial charge >= 0.3 is 15.6 Å². The second-order valence-electron chi connectivity index (χ2n) is 15.7. The molecule has 2 aromatic rings. The van der Waals surface area contributed by atoms with Crippen LogP contribution >= 0.6 is 15.6 Å². The maximum Gasteiger partial charge on any atom is 0.469 e. The summed E-state index contributed by atoms with van der Waals surface area (Å²) in [6.07, 6.45) is 2.04. The van der Waals surface area contributed by atoms with Crippen molar-refractivity contribution in [3.05, 3.63) is 57.6 Å². The van der Waals surface area contributed by atoms with Crippen LogP contribution in [0.25, 0.3) is 0 Å². The monoisotopic (exact) mass is 764 g/mol. The topological polar surface area (TPSA) is 194 Å². The van der Waals surface area contributed by atoms with Crippen molar-refractivity contribution >= 4 is 15.6 Å². The fourth-order valence-electron chi connectivity index (χ4n) is 4.32. The minimum absolute atomic E-state index is 0. The third-order valence-corrected chi connectivity index (χ3v) is 7.81. The van der Waals surface area contributed by atoms with Crippen LogP contribution in [0, 0.1) is 0 Å². The summed E-state index contributed by atoms with van der Waals surface area (Å²) >= 11 is 0. The number of phenols is 2. The van der Waals surface area contributed by atoms with E-state index in [9.17, 15) is 19.3 Å². The Morgan fingerprint density at radius 3 is 0.917 bits per heavy atom. The molecule has 2 aromatic carbocycles. The van der Waals surface area contributed by atoms with Crippen molar-refractivity contribution < 1.29 is 69.6 Å². The minimum atomic E-state index is -4.52. The molecule has 0 heterocycles. The third-order valence-electron chi connectivity index (χ3n) is 6.88. The van der Waals surface area contributed by atoms with Gasteiger partial charge in [0.2, 0.25) is 0 Å². The summed E-state index contributed by atoms with van der Waals surface area (Å²) in [5, 5.41) is 29.1. The second-order valence-corrected chi connectivity index (χ2v) is 18.2. The van der Waals surface area contributed by atoms with Crippen molar-refractivity contribution in [2.75, 3.05) is 6.61 Å². The summed E-state index contributed by atoms with van der Waals surface area (Å²) in [6, 6.07) is 6.95. The smallest absolute Gasteiger partial charge is 0.469 e. The summed E-state index contributed by atoms with van der Waals surface area (Å²) < 4.78 is 30.9. The van der Waals surface area contributed by atoms with E-state index in [4.69, 9.17) is 24.7 Å². The van der Waals surface area contributed by atoms with E-state index in [-0.39, 0.29) is 62.9 Å². The molecule has 282 valence electrons. The third kappa shape index (κ3) is 18.1. The van der Waals surface area contributed by atoms with Crippen molar-refractivity contribution in [1.29, 1.82) is 0 Å². The maximum absolute atomic E-state index is 10.9. The van der Waals surface area contributed by atoms with Gasteiger partial charge in [0.15, 0.2) is 0 Å². The number of hydrogen-bond donors (Lipinski definition) is 7. The molecule has 48 heavy (non-hydrogen) atoms. The maximum atomic E-state index is 10.9. The van der Waals surface area contributed by atoms with Gasteiger partial charge in [-0.25, -0.2) is 9.13 Å². The zero-order chi connectivity index (χ0) is 37.4. The Labute approximate surface area is 297 Å². The first-order valence-corrected chi connectivity index (χ1v) is 18.7. The SMILES string of the molecule is CC(C)(C)c1cc(COP(=O)(O)O)cc(C(C)(C)C)c1O.CC(C)(C)c1cc(COP(=O)(O)O)cc(C(C)(C)C)c1O.CCCCO.[Ni]. The van der Waals surface area contributed by atoms with Crippen molar-refractivity contribution in [2.45, 2.75) is 138 Å². The molecule has 0 atom stereocenters. The number of rotatable bonds is 8. The van der Waals surface area contributed by atoms with Gasteiger partial charge in [0.05, 0.1) is 13.2 Å². The number of phosphoric ester groups is 2. The predicted molar refractivity (Wildman–Crippen MR) is 187 cm³/mol. The molecule has 0 aliphatic heterocycles. The van der Waals surface area contributed by atoms with Gasteiger partial charge in [0, 0.05) is 23.1 Å². The summed E-state index contributed by atoms with van der Waals surface area (Å²) in [5.74, 6) is 0.463. The van der Waals surface area contributed by atoms with E-state index in [0.29, 0.717) is 17.7 Å². The summed E-state index contributed by atoms with van der Waals surface area (Å²) in [7, 11) is -9.03. The zero-order valence-corrected chi connectivity index (χ0v) is 33.6. The van der Waals surface area contributed by atoms with E-state index in [1.807, 2.05) is 83.1 Å². The summed E-state index contributed by atoms with van der Waals surface area (Å²) in [6.45, 7) is 25.7. The Morgan fingerprint density at radius 2 is 0.792 bits per heavy atom. The molecular weight excluding hydrogens is 705 g/mol. The fourth-order valence-corrected chi connectivity index (χ4v) is 4.95. The number of aliphatic hydroxyl groups excluding tert-OH is 1. The minimum Gasteiger partial charge on any atom is -0.507 e. The van der Waals surface area contributed by atoms with Gasteiger partial charge in [-0.2, -0.15) is 0 Å². The number of aromatic hydroxyl groups is 2. The van der Waals surface area contributed by atoms with Crippen LogP contribution in [0.1, 0.15) is 136 Å². The molecule has 0 fully saturated rings. The average Bonchev–Trinajstić information content (AvgIpc) is 2.85. The van der Waals surface area contributed by atoms with Gasteiger partial charge in [-0.15, -0.1) is 0 Å². The zero-order valence-electron chi connectivity index (χ0n) is 30.8. The first kappa shape index (κ1) is 48.8. The fraction of sp³-hybridized carbons (Fsp3) is 0.647. The van der Waals surface area contributed by atoms with Crippen LogP contribution in [0.15, 0.2) is 24.3 Å². The van der Waals surface area contributed by atoms with Crippen LogP contribution in [0.2, 0.25) is 0 Å². The molecule has 0 amide bonds. The van der Waals surface area contributed by atoms with Crippen molar-refractivity contribution in [2.24, 2.45) is 0 Å². The van der Waals surface area contributed by atoms with Crippen LogP contribution in [0.3, 0.4) is 0 Å². The van der Waals surface area contributed by atoms with Crippen LogP contribution in [0.4, 0.5) is 0 Å². The predicted octanol–water partition coefficient (Wildman–Crippen LogP) is 7.97. The Balaban J connectivity index is 0. The number of benzene rings is 2. The molecule has 0 saturated carbocycles. The standard InChI is InChI=1S/2C15H25O5P.C4H10O.Ni/c2*1-14(2,3)11-7-10(9-20-21(17,18)19)8-12(13(11)16)15(4,5)6;1-2-3-4-5;/h2*7-8,16H,9H2,1-6H3,(H2,17,18,19);5H,2-4H2,1H3;. The molecule has 2 rings (SSSR count). The van der Waals surface area contributed by atoms with Crippen LogP contribution in [-0.4, -0.2) is 41.5 Å². The average molecular weight is 765 g/mol. The molecule has 7 N–H and O–H groups in total. The van der Waals surface area contributed by atoms with Crippen molar-refractivity contribution in [3.63, 3.8) is 0 Å². The first-order valence-electron chi connectivity index (χ1n) is 15.6. The van der Waals surface area contributed by atoms with Crippen molar-refractivity contribution in [3.8, 4) is 11.5 Å². The number of phenolic OH excluding ortho intramolecular Hbond substituents is 2. The largest absolute Gasteiger partial charge is 0.507 e. The quantitative estimate of drug-likeness (QED) is 0.102. The molecule has 11 nitrogen and oxygen atoms in total. The first-order chi connectivity index (χ1) is 20.8. The molecule has 0 spiro atoms. The molecule has 0 aromatic heterocycles. The molecule has 0 saturated heterocycles. The molecule has 0 radical (unpaired) electrons. The van der Waals surface area contributed by atoms with E-state index in [1.165, 1.54) is 0 Å². The number of phosphoric acid groups is 2. The molecular formula is C34H60NiO11P2. The number of hydrogen-bond acceptors (Lipinski definition) is 7. The Bertz CT molecular complexity index is 1210. The Hall–Kier alpha value is -1.29. The number of aliphatic hydroxyl groups is 1. The van der Waals surface area contributed by atoms with E-state index in [2.05, 4.69) is 16.0 Å². The van der Waals surface area contributed by atoms with Gasteiger partial charge in [0.25, 0.3) is 0 Å². The van der Waals surface area contributed by atoms with Crippen LogP contribution in [0.5, 0.6) is 11.5 Å². The van der Waals surface area contributed by atoms with Crippen molar-refractivity contribution in [1.82, 2.24) is 0 Å². The Kier molecular flexibility index (Phi) is 19.1. The van der Waals surface area contributed by atoms with Gasteiger partial charge in [-0.3, -0.25) is 9.05 Å².